The fraction of sp³-hybridized carbons (Fsp3) is 0.333. The average molecular weight is 274 g/mol. The topological polar surface area (TPSA) is 41.0 Å². The first kappa shape index (κ1) is 14.2. The highest BCUT2D eigenvalue weighted by Gasteiger charge is 2.06. The molecule has 0 saturated carbocycles. The minimum atomic E-state index is -0.210. The molecule has 0 fully saturated rings. The molecular weight excluding hydrogens is 255 g/mol. The number of nitrogens with one attached hydrogen (secondary N) is 1. The molecule has 2 aromatic rings. The van der Waals surface area contributed by atoms with E-state index in [9.17, 15) is 4.39 Å². The molecule has 0 amide bonds. The number of nitrogens with zero attached hydrogens (tertiary/aromatic N) is 3. The van der Waals surface area contributed by atoms with E-state index in [1.807, 2.05) is 12.1 Å². The Kier molecular flexibility index (Phi) is 4.87. The zero-order valence-corrected chi connectivity index (χ0v) is 11.8. The Morgan fingerprint density at radius 2 is 1.90 bits per heavy atom. The van der Waals surface area contributed by atoms with Crippen LogP contribution in [0.4, 0.5) is 16.0 Å². The quantitative estimate of drug-likeness (QED) is 0.879. The molecule has 1 aromatic carbocycles. The van der Waals surface area contributed by atoms with Crippen molar-refractivity contribution in [3.63, 3.8) is 0 Å². The molecule has 1 N–H and O–H groups in total. The first-order valence-corrected chi connectivity index (χ1v) is 6.78. The van der Waals surface area contributed by atoms with Crippen LogP contribution in [-0.2, 0) is 6.54 Å². The summed E-state index contributed by atoms with van der Waals surface area (Å²) in [6.07, 6.45) is 1.53. The molecule has 0 spiro atoms. The van der Waals surface area contributed by atoms with Gasteiger partial charge in [-0.1, -0.05) is 18.2 Å². The third-order valence-corrected chi connectivity index (χ3v) is 3.16. The van der Waals surface area contributed by atoms with E-state index in [0.29, 0.717) is 17.9 Å². The van der Waals surface area contributed by atoms with Gasteiger partial charge >= 0.3 is 0 Å². The van der Waals surface area contributed by atoms with Gasteiger partial charge in [0.1, 0.15) is 23.8 Å². The predicted molar refractivity (Wildman–Crippen MR) is 79.3 cm³/mol. The zero-order valence-electron chi connectivity index (χ0n) is 11.8. The van der Waals surface area contributed by atoms with E-state index in [2.05, 4.69) is 34.0 Å². The third-order valence-electron chi connectivity index (χ3n) is 3.16. The Labute approximate surface area is 118 Å². The largest absolute Gasteiger partial charge is 0.366 e. The molecular formula is C15H19FN4. The van der Waals surface area contributed by atoms with Crippen LogP contribution in [0.1, 0.15) is 19.4 Å². The molecule has 0 aliphatic carbocycles. The molecule has 20 heavy (non-hydrogen) atoms. The van der Waals surface area contributed by atoms with Crippen molar-refractivity contribution in [2.24, 2.45) is 0 Å². The Morgan fingerprint density at radius 3 is 2.60 bits per heavy atom. The van der Waals surface area contributed by atoms with Gasteiger partial charge in [-0.25, -0.2) is 14.4 Å². The molecule has 0 atom stereocenters. The number of rotatable bonds is 6. The van der Waals surface area contributed by atoms with E-state index in [1.54, 1.807) is 12.1 Å². The SMILES string of the molecule is CCN(CC)c1cc(NCc2ccccc2F)ncn1. The van der Waals surface area contributed by atoms with Crippen molar-refractivity contribution >= 4 is 11.6 Å². The maximum absolute atomic E-state index is 13.5. The van der Waals surface area contributed by atoms with Crippen molar-refractivity contribution in [1.29, 1.82) is 0 Å². The Hall–Kier alpha value is -2.17. The van der Waals surface area contributed by atoms with Gasteiger partial charge in [0.15, 0.2) is 0 Å². The second-order valence-electron chi connectivity index (χ2n) is 4.38. The second-order valence-corrected chi connectivity index (χ2v) is 4.38. The molecule has 0 unspecified atom stereocenters. The Morgan fingerprint density at radius 1 is 1.15 bits per heavy atom. The van der Waals surface area contributed by atoms with Crippen LogP contribution in [-0.4, -0.2) is 23.1 Å². The van der Waals surface area contributed by atoms with Gasteiger partial charge in [0, 0.05) is 31.3 Å². The molecule has 0 aliphatic heterocycles. The van der Waals surface area contributed by atoms with Crippen LogP contribution < -0.4 is 10.2 Å². The first-order valence-electron chi connectivity index (χ1n) is 6.78. The van der Waals surface area contributed by atoms with E-state index in [4.69, 9.17) is 0 Å². The molecule has 1 heterocycles. The highest BCUT2D eigenvalue weighted by Crippen LogP contribution is 2.15. The van der Waals surface area contributed by atoms with Gasteiger partial charge in [0.05, 0.1) is 0 Å². The summed E-state index contributed by atoms with van der Waals surface area (Å²) < 4.78 is 13.5. The van der Waals surface area contributed by atoms with Gasteiger partial charge in [0.2, 0.25) is 0 Å². The van der Waals surface area contributed by atoms with Crippen LogP contribution in [0.2, 0.25) is 0 Å². The van der Waals surface area contributed by atoms with Crippen LogP contribution >= 0.6 is 0 Å². The maximum Gasteiger partial charge on any atom is 0.134 e. The minimum Gasteiger partial charge on any atom is -0.366 e. The summed E-state index contributed by atoms with van der Waals surface area (Å²) in [5, 5.41) is 3.13. The van der Waals surface area contributed by atoms with Crippen molar-refractivity contribution in [2.75, 3.05) is 23.3 Å². The molecule has 0 saturated heterocycles. The number of benzene rings is 1. The molecule has 0 bridgehead atoms. The Balaban J connectivity index is 2.07. The van der Waals surface area contributed by atoms with Crippen LogP contribution in [0.25, 0.3) is 0 Å². The van der Waals surface area contributed by atoms with E-state index in [0.717, 1.165) is 18.9 Å². The first-order chi connectivity index (χ1) is 9.74. The highest BCUT2D eigenvalue weighted by atomic mass is 19.1. The second kappa shape index (κ2) is 6.84. The normalized spacial score (nSPS) is 10.3. The van der Waals surface area contributed by atoms with Crippen molar-refractivity contribution in [1.82, 2.24) is 9.97 Å². The van der Waals surface area contributed by atoms with Crippen molar-refractivity contribution in [3.8, 4) is 0 Å². The zero-order chi connectivity index (χ0) is 14.4. The van der Waals surface area contributed by atoms with Gasteiger partial charge in [-0.2, -0.15) is 0 Å². The van der Waals surface area contributed by atoms with Crippen molar-refractivity contribution < 1.29 is 4.39 Å². The molecule has 0 aliphatic rings. The lowest BCUT2D eigenvalue weighted by atomic mass is 10.2. The maximum atomic E-state index is 13.5. The van der Waals surface area contributed by atoms with Crippen molar-refractivity contribution in [2.45, 2.75) is 20.4 Å². The van der Waals surface area contributed by atoms with E-state index >= 15 is 0 Å². The lowest BCUT2D eigenvalue weighted by Crippen LogP contribution is -2.23. The lowest BCUT2D eigenvalue weighted by molar-refractivity contribution is 0.613. The summed E-state index contributed by atoms with van der Waals surface area (Å²) in [6.45, 7) is 6.35. The summed E-state index contributed by atoms with van der Waals surface area (Å²) >= 11 is 0. The van der Waals surface area contributed by atoms with Gasteiger partial charge < -0.3 is 10.2 Å². The van der Waals surface area contributed by atoms with Gasteiger partial charge in [-0.3, -0.25) is 0 Å². The monoisotopic (exact) mass is 274 g/mol. The van der Waals surface area contributed by atoms with E-state index in [-0.39, 0.29) is 5.82 Å². The number of hydrogen-bond acceptors (Lipinski definition) is 4. The van der Waals surface area contributed by atoms with Gasteiger partial charge in [-0.15, -0.1) is 0 Å². The van der Waals surface area contributed by atoms with Gasteiger partial charge in [0.25, 0.3) is 0 Å². The molecule has 1 aromatic heterocycles. The third kappa shape index (κ3) is 3.44. The summed E-state index contributed by atoms with van der Waals surface area (Å²) in [4.78, 5) is 10.6. The van der Waals surface area contributed by atoms with E-state index in [1.165, 1.54) is 12.4 Å². The lowest BCUT2D eigenvalue weighted by Gasteiger charge is -2.19. The van der Waals surface area contributed by atoms with Crippen LogP contribution in [0, 0.1) is 5.82 Å². The van der Waals surface area contributed by atoms with Crippen LogP contribution in [0.3, 0.4) is 0 Å². The average Bonchev–Trinajstić information content (AvgIpc) is 2.48. The standard InChI is InChI=1S/C15H19FN4/c1-3-20(4-2)15-9-14(18-11-19-15)17-10-12-7-5-6-8-13(12)16/h5-9,11H,3-4,10H2,1-2H3,(H,17,18,19). The molecule has 0 radical (unpaired) electrons. The number of hydrogen-bond donors (Lipinski definition) is 1. The summed E-state index contributed by atoms with van der Waals surface area (Å²) in [6, 6.07) is 8.60. The Bertz CT molecular complexity index is 555. The number of aromatic nitrogens is 2. The van der Waals surface area contributed by atoms with E-state index < -0.39 is 0 Å². The summed E-state index contributed by atoms with van der Waals surface area (Å²) in [7, 11) is 0. The van der Waals surface area contributed by atoms with Crippen LogP contribution in [0.5, 0.6) is 0 Å². The van der Waals surface area contributed by atoms with Crippen LogP contribution in [0.15, 0.2) is 36.7 Å². The summed E-state index contributed by atoms with van der Waals surface area (Å²) in [5.74, 6) is 1.37. The fourth-order valence-corrected chi connectivity index (χ4v) is 1.99. The summed E-state index contributed by atoms with van der Waals surface area (Å²) in [5.41, 5.74) is 0.621. The smallest absolute Gasteiger partial charge is 0.134 e. The molecule has 4 nitrogen and oxygen atoms in total. The molecule has 5 heteroatoms. The highest BCUT2D eigenvalue weighted by molar-refractivity contribution is 5.48. The predicted octanol–water partition coefficient (Wildman–Crippen LogP) is 3.07. The molecule has 106 valence electrons. The molecule has 2 rings (SSSR count). The number of anilines is 2. The van der Waals surface area contributed by atoms with Gasteiger partial charge in [-0.05, 0) is 19.9 Å². The minimum absolute atomic E-state index is 0.210. The number of halogens is 1. The fourth-order valence-electron chi connectivity index (χ4n) is 1.99. The van der Waals surface area contributed by atoms with Crippen molar-refractivity contribution in [3.05, 3.63) is 48.0 Å².